The zero-order valence-electron chi connectivity index (χ0n) is 44.9. The van der Waals surface area contributed by atoms with Gasteiger partial charge < -0.3 is 4.90 Å². The molecule has 0 aromatic heterocycles. The quantitative estimate of drug-likeness (QED) is 0.137. The lowest BCUT2D eigenvalue weighted by molar-refractivity contribution is 0.660. The van der Waals surface area contributed by atoms with Gasteiger partial charge in [-0.1, -0.05) is 246 Å². The number of fused-ring (bicyclic) bond motifs is 12. The highest BCUT2D eigenvalue weighted by atomic mass is 15.1. The second kappa shape index (κ2) is 18.0. The van der Waals surface area contributed by atoms with E-state index in [-0.39, 0.29) is 10.8 Å². The van der Waals surface area contributed by atoms with E-state index in [1.54, 1.807) is 0 Å². The SMILES string of the molecule is CC1(C)c2ccccc2-c2ccc(-c3ccc(N(c4ccc(-c5ccc6c(c5)C(C)(C)c5ccccc5-6)cc4)c4ccc5c(c4)c4ccccc4c4c(-c6ccccc6)cc(-c6ccccc6)c(-c6ccccc6)c54)cc3)cc21. The first-order valence-electron chi connectivity index (χ1n) is 27.8. The average Bonchev–Trinajstić information content (AvgIpc) is 3.91. The zero-order chi connectivity index (χ0) is 53.0. The monoisotopic (exact) mass is 1010 g/mol. The second-order valence-corrected chi connectivity index (χ2v) is 22.8. The molecule has 0 saturated carbocycles. The van der Waals surface area contributed by atoms with E-state index < -0.39 is 0 Å². The van der Waals surface area contributed by atoms with Crippen LogP contribution in [0, 0.1) is 0 Å². The predicted molar refractivity (Wildman–Crippen MR) is 336 cm³/mol. The molecule has 13 aromatic rings. The fourth-order valence-corrected chi connectivity index (χ4v) is 13.7. The molecule has 1 heteroatoms. The molecule has 2 aliphatic carbocycles. The first-order valence-corrected chi connectivity index (χ1v) is 27.8. The van der Waals surface area contributed by atoms with Gasteiger partial charge in [0, 0.05) is 27.9 Å². The highest BCUT2D eigenvalue weighted by molar-refractivity contribution is 6.33. The minimum absolute atomic E-state index is 0.0779. The molecule has 0 spiro atoms. The maximum absolute atomic E-state index is 2.45. The molecule has 15 rings (SSSR count). The molecule has 2 aliphatic rings. The number of rotatable bonds is 8. The smallest absolute Gasteiger partial charge is 0.0468 e. The summed E-state index contributed by atoms with van der Waals surface area (Å²) in [5.41, 5.74) is 26.2. The van der Waals surface area contributed by atoms with E-state index in [1.165, 1.54) is 132 Å². The van der Waals surface area contributed by atoms with Crippen molar-refractivity contribution in [1.29, 1.82) is 0 Å². The topological polar surface area (TPSA) is 3.24 Å². The average molecular weight is 1010 g/mol. The van der Waals surface area contributed by atoms with Crippen LogP contribution in [0.2, 0.25) is 0 Å². The maximum Gasteiger partial charge on any atom is 0.0468 e. The Labute approximate surface area is 463 Å². The van der Waals surface area contributed by atoms with E-state index in [1.807, 2.05) is 0 Å². The molecule has 0 amide bonds. The van der Waals surface area contributed by atoms with Crippen molar-refractivity contribution in [2.24, 2.45) is 0 Å². The van der Waals surface area contributed by atoms with E-state index in [4.69, 9.17) is 0 Å². The molecule has 1 nitrogen and oxygen atoms in total. The summed E-state index contributed by atoms with van der Waals surface area (Å²) in [7, 11) is 0. The lowest BCUT2D eigenvalue weighted by Gasteiger charge is -2.27. The van der Waals surface area contributed by atoms with Gasteiger partial charge in [-0.3, -0.25) is 0 Å². The number of hydrogen-bond acceptors (Lipinski definition) is 1. The molecule has 374 valence electrons. The lowest BCUT2D eigenvalue weighted by Crippen LogP contribution is -2.14. The third kappa shape index (κ3) is 7.37. The Kier molecular flexibility index (Phi) is 10.7. The molecule has 0 fully saturated rings. The molecule has 0 N–H and O–H groups in total. The van der Waals surface area contributed by atoms with Crippen LogP contribution >= 0.6 is 0 Å². The zero-order valence-corrected chi connectivity index (χ0v) is 44.9. The Bertz CT molecular complexity index is 4400. The number of benzene rings is 13. The van der Waals surface area contributed by atoms with Crippen LogP contribution in [-0.2, 0) is 10.8 Å². The van der Waals surface area contributed by atoms with Crippen LogP contribution in [0.1, 0.15) is 49.9 Å². The summed E-state index contributed by atoms with van der Waals surface area (Å²) in [5, 5.41) is 7.42. The van der Waals surface area contributed by atoms with E-state index in [0.717, 1.165) is 17.1 Å². The van der Waals surface area contributed by atoms with Crippen molar-refractivity contribution < 1.29 is 0 Å². The van der Waals surface area contributed by atoms with Gasteiger partial charge in [0.2, 0.25) is 0 Å². The largest absolute Gasteiger partial charge is 0.310 e. The molecule has 0 radical (unpaired) electrons. The Morgan fingerprint density at radius 1 is 0.228 bits per heavy atom. The number of hydrogen-bond donors (Lipinski definition) is 0. The molecule has 0 atom stereocenters. The highest BCUT2D eigenvalue weighted by Crippen LogP contribution is 2.53. The Morgan fingerprint density at radius 2 is 0.633 bits per heavy atom. The summed E-state index contributed by atoms with van der Waals surface area (Å²) in [6, 6.07) is 102. The van der Waals surface area contributed by atoms with Crippen LogP contribution in [0.15, 0.2) is 273 Å². The van der Waals surface area contributed by atoms with E-state index in [0.29, 0.717) is 0 Å². The molecule has 79 heavy (non-hydrogen) atoms. The van der Waals surface area contributed by atoms with Gasteiger partial charge in [-0.05, 0) is 187 Å². The summed E-state index contributed by atoms with van der Waals surface area (Å²) in [4.78, 5) is 2.45. The summed E-state index contributed by atoms with van der Waals surface area (Å²) in [6.07, 6.45) is 0. The summed E-state index contributed by atoms with van der Waals surface area (Å²) >= 11 is 0. The third-order valence-electron chi connectivity index (χ3n) is 17.7. The fourth-order valence-electron chi connectivity index (χ4n) is 13.7. The van der Waals surface area contributed by atoms with Gasteiger partial charge in [0.25, 0.3) is 0 Å². The Morgan fingerprint density at radius 3 is 1.16 bits per heavy atom. The number of nitrogens with zero attached hydrogens (tertiary/aromatic N) is 1. The highest BCUT2D eigenvalue weighted by Gasteiger charge is 2.37. The van der Waals surface area contributed by atoms with Crippen molar-refractivity contribution in [1.82, 2.24) is 0 Å². The third-order valence-corrected chi connectivity index (χ3v) is 17.7. The van der Waals surface area contributed by atoms with Gasteiger partial charge >= 0.3 is 0 Å². The van der Waals surface area contributed by atoms with Gasteiger partial charge in [0.15, 0.2) is 0 Å². The molecule has 0 bridgehead atoms. The van der Waals surface area contributed by atoms with Crippen molar-refractivity contribution in [3.63, 3.8) is 0 Å². The minimum atomic E-state index is -0.0779. The molecule has 0 heterocycles. The molecule has 0 unspecified atom stereocenters. The van der Waals surface area contributed by atoms with Crippen molar-refractivity contribution in [2.45, 2.75) is 38.5 Å². The van der Waals surface area contributed by atoms with Crippen LogP contribution in [0.3, 0.4) is 0 Å². The van der Waals surface area contributed by atoms with Crippen molar-refractivity contribution >= 4 is 49.4 Å². The van der Waals surface area contributed by atoms with E-state index in [2.05, 4.69) is 306 Å². The first kappa shape index (κ1) is 46.7. The predicted octanol–water partition coefficient (Wildman–Crippen LogP) is 21.6. The summed E-state index contributed by atoms with van der Waals surface area (Å²) < 4.78 is 0. The lowest BCUT2D eigenvalue weighted by atomic mass is 9.81. The number of anilines is 3. The van der Waals surface area contributed by atoms with Crippen LogP contribution in [0.4, 0.5) is 17.1 Å². The van der Waals surface area contributed by atoms with Gasteiger partial charge in [0.1, 0.15) is 0 Å². The Hall–Kier alpha value is -9.56. The van der Waals surface area contributed by atoms with Crippen LogP contribution < -0.4 is 4.90 Å². The first-order chi connectivity index (χ1) is 38.7. The minimum Gasteiger partial charge on any atom is -0.310 e. The van der Waals surface area contributed by atoms with Gasteiger partial charge in [-0.15, -0.1) is 0 Å². The maximum atomic E-state index is 2.45. The standard InChI is InChI=1S/C78H57N/c1-77(2)70-30-18-16-27-61(70)63-43-36-55(46-72(63)77)50-32-38-57(39-33-50)79(58-40-34-51(35-41-58)56-37-44-64-62-28-17-19-31-71(62)78(3,4)73(64)47-56)59-42-45-66-69(48-59)60-26-14-15-29-65(60)75-68(53-22-10-6-11-23-53)49-67(52-20-8-5-9-21-52)74(76(66)75)54-24-12-7-13-25-54/h5-49H,1-4H3. The molecular formula is C78H57N. The van der Waals surface area contributed by atoms with Gasteiger partial charge in [-0.25, -0.2) is 0 Å². The van der Waals surface area contributed by atoms with Crippen LogP contribution in [0.5, 0.6) is 0 Å². The van der Waals surface area contributed by atoms with Crippen LogP contribution in [-0.4, -0.2) is 0 Å². The molecule has 0 saturated heterocycles. The fraction of sp³-hybridized carbons (Fsp3) is 0.0769. The summed E-state index contributed by atoms with van der Waals surface area (Å²) in [5.74, 6) is 0. The van der Waals surface area contributed by atoms with E-state index >= 15 is 0 Å². The van der Waals surface area contributed by atoms with Crippen molar-refractivity contribution in [2.75, 3.05) is 4.90 Å². The van der Waals surface area contributed by atoms with Gasteiger partial charge in [0.05, 0.1) is 0 Å². The van der Waals surface area contributed by atoms with Crippen LogP contribution in [0.25, 0.3) is 110 Å². The summed E-state index contributed by atoms with van der Waals surface area (Å²) in [6.45, 7) is 9.45. The molecule has 13 aromatic carbocycles. The van der Waals surface area contributed by atoms with Crippen molar-refractivity contribution in [3.8, 4) is 77.9 Å². The molecular weight excluding hydrogens is 951 g/mol. The van der Waals surface area contributed by atoms with Crippen molar-refractivity contribution in [3.05, 3.63) is 295 Å². The molecule has 0 aliphatic heterocycles. The van der Waals surface area contributed by atoms with E-state index in [9.17, 15) is 0 Å². The van der Waals surface area contributed by atoms with Gasteiger partial charge in [-0.2, -0.15) is 0 Å². The Balaban J connectivity index is 0.928. The second-order valence-electron chi connectivity index (χ2n) is 22.8. The normalized spacial score (nSPS) is 13.5.